The van der Waals surface area contributed by atoms with Gasteiger partial charge in [-0.05, 0) is 12.5 Å². The minimum Gasteiger partial charge on any atom is -0.581 e. The molecule has 19 heavy (non-hydrogen) atoms. The molecule has 1 aromatic carbocycles. The van der Waals surface area contributed by atoms with Gasteiger partial charge in [-0.2, -0.15) is 0 Å². The van der Waals surface area contributed by atoms with Gasteiger partial charge in [-0.15, -0.1) is 0 Å². The predicted octanol–water partition coefficient (Wildman–Crippen LogP) is 1.30. The van der Waals surface area contributed by atoms with E-state index in [1.807, 2.05) is 43.7 Å². The van der Waals surface area contributed by atoms with Crippen molar-refractivity contribution in [2.75, 3.05) is 6.61 Å². The quantitative estimate of drug-likeness (QED) is 0.773. The Morgan fingerprint density at radius 3 is 2.47 bits per heavy atom. The molecule has 1 aromatic rings. The van der Waals surface area contributed by atoms with Gasteiger partial charge in [-0.3, -0.25) is 0 Å². The van der Waals surface area contributed by atoms with Crippen molar-refractivity contribution in [2.45, 2.75) is 19.1 Å². The molecule has 2 aliphatic heterocycles. The molecule has 1 saturated heterocycles. The van der Waals surface area contributed by atoms with E-state index < -0.39 is 0 Å². The van der Waals surface area contributed by atoms with E-state index in [0.29, 0.717) is 0 Å². The van der Waals surface area contributed by atoms with E-state index in [-0.39, 0.29) is 30.8 Å². The van der Waals surface area contributed by atoms with Crippen molar-refractivity contribution in [3.05, 3.63) is 35.9 Å². The van der Waals surface area contributed by atoms with Crippen molar-refractivity contribution in [3.8, 4) is 0 Å². The van der Waals surface area contributed by atoms with Crippen LogP contribution in [-0.4, -0.2) is 31.0 Å². The third kappa shape index (κ3) is 3.54. The largest absolute Gasteiger partial charge is 0.581 e. The van der Waals surface area contributed by atoms with Gasteiger partial charge in [0.2, 0.25) is 0 Å². The number of cyclic esters (lactones) is 1. The van der Waals surface area contributed by atoms with Crippen molar-refractivity contribution in [1.82, 2.24) is 5.32 Å². The average molecular weight is 261 g/mol. The molecule has 6 heteroatoms. The summed E-state index contributed by atoms with van der Waals surface area (Å²) < 4.78 is 9.40. The summed E-state index contributed by atoms with van der Waals surface area (Å²) in [6.45, 7) is 2.00. The number of hydrogen-bond acceptors (Lipinski definition) is 4. The predicted molar refractivity (Wildman–Crippen MR) is 66.7 cm³/mol. The number of nitrogens with zero attached hydrogens (tertiary/aromatic N) is 1. The summed E-state index contributed by atoms with van der Waals surface area (Å²) in [5, 5.41) is 2.70. The summed E-state index contributed by atoms with van der Waals surface area (Å²) in [6, 6.07) is 9.79. The van der Waals surface area contributed by atoms with E-state index >= 15 is 0 Å². The normalized spacial score (nSPS) is 24.1. The van der Waals surface area contributed by atoms with Gasteiger partial charge in [0.05, 0.1) is 12.6 Å². The standard InChI is InChI=1S/C10H11NO2.C3H2NO2/c1-7-9(13-10(12)11-7)8-5-3-2-4-6-8;5-3-1-6-2-4-3/h2-7,9H,1H3,(H,11,12);1H2/q;-1/t7-,9-;/m1./s1. The Kier molecular flexibility index (Phi) is 4.12. The molecule has 0 aromatic heterocycles. The molecule has 0 aliphatic carbocycles. The minimum atomic E-state index is -0.332. The zero-order valence-electron chi connectivity index (χ0n) is 10.3. The van der Waals surface area contributed by atoms with Gasteiger partial charge in [0.25, 0.3) is 0 Å². The average Bonchev–Trinajstić information content (AvgIpc) is 3.00. The Labute approximate surface area is 110 Å². The van der Waals surface area contributed by atoms with Crippen LogP contribution in [0.15, 0.2) is 35.3 Å². The number of nitrogens with one attached hydrogen (secondary N) is 1. The van der Waals surface area contributed by atoms with Gasteiger partial charge < -0.3 is 24.6 Å². The zero-order chi connectivity index (χ0) is 13.7. The first-order valence-electron chi connectivity index (χ1n) is 5.79. The fraction of sp³-hybridized carbons (Fsp3) is 0.308. The van der Waals surface area contributed by atoms with Gasteiger partial charge in [-0.1, -0.05) is 30.3 Å². The molecule has 2 atom stereocenters. The van der Waals surface area contributed by atoms with Crippen molar-refractivity contribution >= 4 is 18.4 Å². The Morgan fingerprint density at radius 1 is 1.32 bits per heavy atom. The van der Waals surface area contributed by atoms with Gasteiger partial charge >= 0.3 is 6.09 Å². The third-order valence-corrected chi connectivity index (χ3v) is 2.59. The lowest BCUT2D eigenvalue weighted by molar-refractivity contribution is -0.118. The molecule has 2 amide bonds. The molecule has 2 aliphatic rings. The van der Waals surface area contributed by atoms with Crippen LogP contribution >= 0.6 is 0 Å². The van der Waals surface area contributed by atoms with Gasteiger partial charge in [-0.25, -0.2) is 4.79 Å². The van der Waals surface area contributed by atoms with Crippen LogP contribution in [0.3, 0.4) is 0 Å². The lowest BCUT2D eigenvalue weighted by atomic mass is 10.0. The monoisotopic (exact) mass is 261 g/mol. The van der Waals surface area contributed by atoms with Crippen LogP contribution in [0.4, 0.5) is 4.79 Å². The molecule has 0 saturated carbocycles. The number of ether oxygens (including phenoxy) is 2. The van der Waals surface area contributed by atoms with E-state index in [0.717, 1.165) is 5.56 Å². The van der Waals surface area contributed by atoms with E-state index in [2.05, 4.69) is 15.0 Å². The number of carbonyl (C=O) groups is 2. The van der Waals surface area contributed by atoms with Gasteiger partial charge in [0.15, 0.2) is 0 Å². The summed E-state index contributed by atoms with van der Waals surface area (Å²) >= 11 is 0. The van der Waals surface area contributed by atoms with Crippen LogP contribution in [0.2, 0.25) is 0 Å². The Hall–Kier alpha value is -2.37. The Bertz CT molecular complexity index is 487. The maximum absolute atomic E-state index is 10.9. The Morgan fingerprint density at radius 2 is 2.05 bits per heavy atom. The third-order valence-electron chi connectivity index (χ3n) is 2.59. The highest BCUT2D eigenvalue weighted by atomic mass is 16.6. The number of aliphatic imine (C=N–C) groups is 1. The van der Waals surface area contributed by atoms with E-state index in [9.17, 15) is 9.59 Å². The van der Waals surface area contributed by atoms with Crippen LogP contribution in [-0.2, 0) is 14.3 Å². The summed E-state index contributed by atoms with van der Waals surface area (Å²) in [7, 11) is 0. The highest BCUT2D eigenvalue weighted by Gasteiger charge is 2.31. The smallest absolute Gasteiger partial charge is 0.408 e. The fourth-order valence-corrected chi connectivity index (χ4v) is 1.72. The van der Waals surface area contributed by atoms with Crippen LogP contribution in [0.1, 0.15) is 18.6 Å². The van der Waals surface area contributed by atoms with Crippen LogP contribution in [0.25, 0.3) is 0 Å². The molecule has 1 fully saturated rings. The lowest BCUT2D eigenvalue weighted by Gasteiger charge is -2.12. The number of rotatable bonds is 1. The van der Waals surface area contributed by atoms with Crippen molar-refractivity contribution in [2.24, 2.45) is 4.99 Å². The number of hydrogen-bond donors (Lipinski definition) is 1. The van der Waals surface area contributed by atoms with Crippen molar-refractivity contribution < 1.29 is 19.1 Å². The molecule has 0 bridgehead atoms. The molecule has 2 heterocycles. The van der Waals surface area contributed by atoms with E-state index in [1.54, 1.807) is 0 Å². The highest BCUT2D eigenvalue weighted by Crippen LogP contribution is 2.25. The van der Waals surface area contributed by atoms with E-state index in [4.69, 9.17) is 4.74 Å². The molecule has 3 rings (SSSR count). The first kappa shape index (κ1) is 13.1. The number of carbonyl (C=O) groups excluding carboxylic acids is 2. The maximum Gasteiger partial charge on any atom is 0.408 e. The number of benzene rings is 1. The number of alkyl carbamates (subject to hydrolysis) is 1. The fourth-order valence-electron chi connectivity index (χ4n) is 1.72. The summed E-state index contributed by atoms with van der Waals surface area (Å²) in [4.78, 5) is 23.9. The molecule has 0 unspecified atom stereocenters. The second-order valence-corrected chi connectivity index (χ2v) is 4.06. The second kappa shape index (κ2) is 5.99. The topological polar surface area (TPSA) is 77.0 Å². The molecule has 1 N–H and O–H groups in total. The zero-order valence-corrected chi connectivity index (χ0v) is 10.3. The summed E-state index contributed by atoms with van der Waals surface area (Å²) in [5.41, 5.74) is 1.04. The second-order valence-electron chi connectivity index (χ2n) is 4.06. The molecule has 6 nitrogen and oxygen atoms in total. The van der Waals surface area contributed by atoms with Gasteiger partial charge in [0.1, 0.15) is 12.0 Å². The SMILES string of the molecule is C[C@H]1NC(=O)O[C@H]1c1ccccc1.O=C1CO[C-]=N1. The van der Waals surface area contributed by atoms with Crippen LogP contribution in [0.5, 0.6) is 0 Å². The molecular weight excluding hydrogens is 248 g/mol. The van der Waals surface area contributed by atoms with E-state index in [1.165, 1.54) is 0 Å². The molecule has 0 spiro atoms. The molecule has 100 valence electrons. The van der Waals surface area contributed by atoms with Crippen molar-refractivity contribution in [3.63, 3.8) is 0 Å². The Balaban J connectivity index is 0.000000186. The maximum atomic E-state index is 10.9. The number of amides is 2. The van der Waals surface area contributed by atoms with Crippen LogP contribution < -0.4 is 5.32 Å². The highest BCUT2D eigenvalue weighted by molar-refractivity contribution is 5.88. The summed E-state index contributed by atoms with van der Waals surface area (Å²) in [6.07, 6.45) is 1.57. The molecule has 0 radical (unpaired) electrons. The molecular formula is C13H13N2O4-. The first-order valence-corrected chi connectivity index (χ1v) is 5.79. The minimum absolute atomic E-state index is 0.0508. The van der Waals surface area contributed by atoms with Gasteiger partial charge in [0, 0.05) is 6.40 Å². The summed E-state index contributed by atoms with van der Waals surface area (Å²) in [5.74, 6) is -0.255. The van der Waals surface area contributed by atoms with Crippen molar-refractivity contribution in [1.29, 1.82) is 0 Å². The van der Waals surface area contributed by atoms with Crippen LogP contribution in [0, 0.1) is 0 Å². The lowest BCUT2D eigenvalue weighted by Crippen LogP contribution is -2.23. The first-order chi connectivity index (χ1) is 9.16.